The van der Waals surface area contributed by atoms with Gasteiger partial charge in [0.2, 0.25) is 5.91 Å². The number of carbonyl (C=O) groups is 1. The van der Waals surface area contributed by atoms with Gasteiger partial charge in [-0.2, -0.15) is 0 Å². The van der Waals surface area contributed by atoms with Crippen LogP contribution in [0.25, 0.3) is 0 Å². The summed E-state index contributed by atoms with van der Waals surface area (Å²) in [4.78, 5) is 12.9. The first-order valence-corrected chi connectivity index (χ1v) is 10.3. The minimum atomic E-state index is -0.0873. The van der Waals surface area contributed by atoms with Crippen LogP contribution in [-0.4, -0.2) is 18.0 Å². The van der Waals surface area contributed by atoms with Crippen molar-refractivity contribution in [3.63, 3.8) is 0 Å². The minimum absolute atomic E-state index is 0. The van der Waals surface area contributed by atoms with Gasteiger partial charge in [-0.15, -0.1) is 12.4 Å². The van der Waals surface area contributed by atoms with E-state index in [1.165, 1.54) is 24.0 Å². The van der Waals surface area contributed by atoms with Gasteiger partial charge in [0, 0.05) is 18.5 Å². The Labute approximate surface area is 174 Å². The summed E-state index contributed by atoms with van der Waals surface area (Å²) in [5.74, 6) is 0.689. The molecule has 0 aliphatic carbocycles. The Bertz CT molecular complexity index is 764. The van der Waals surface area contributed by atoms with Crippen molar-refractivity contribution in [2.45, 2.75) is 64.1 Å². The zero-order chi connectivity index (χ0) is 18.8. The molecule has 150 valence electrons. The number of piperidine rings is 1. The summed E-state index contributed by atoms with van der Waals surface area (Å²) in [6, 6.07) is 18.1. The second-order valence-electron chi connectivity index (χ2n) is 8.51. The van der Waals surface area contributed by atoms with Crippen molar-refractivity contribution < 1.29 is 4.79 Å². The fraction of sp³-hybridized carbons (Fsp3) is 0.458. The molecule has 2 unspecified atom stereocenters. The third-order valence-corrected chi connectivity index (χ3v) is 6.10. The van der Waals surface area contributed by atoms with Crippen LogP contribution < -0.4 is 10.6 Å². The summed E-state index contributed by atoms with van der Waals surface area (Å²) in [6.07, 6.45) is 5.48. The SMILES string of the molecule is Cc1cccc(C(NC(=O)CC2CC3CCC(C2)N3)c2cccc(C)c2)c1.Cl. The van der Waals surface area contributed by atoms with Crippen molar-refractivity contribution in [1.29, 1.82) is 0 Å². The van der Waals surface area contributed by atoms with Crippen LogP contribution in [0.3, 0.4) is 0 Å². The molecule has 2 fully saturated rings. The third-order valence-electron chi connectivity index (χ3n) is 6.10. The van der Waals surface area contributed by atoms with E-state index in [1.807, 2.05) is 0 Å². The first-order chi connectivity index (χ1) is 13.1. The standard InChI is InChI=1S/C24H30N2O.ClH/c1-16-5-3-7-19(11-16)24(20-8-4-6-17(2)12-20)26-23(27)15-18-13-21-9-10-22(14-18)25-21;/h3-8,11-12,18,21-22,24-25H,9-10,13-15H2,1-2H3,(H,26,27);1H. The summed E-state index contributed by atoms with van der Waals surface area (Å²) >= 11 is 0. The quantitative estimate of drug-likeness (QED) is 0.755. The minimum Gasteiger partial charge on any atom is -0.345 e. The molecule has 0 aromatic heterocycles. The lowest BCUT2D eigenvalue weighted by Crippen LogP contribution is -2.40. The van der Waals surface area contributed by atoms with Gasteiger partial charge in [0.1, 0.15) is 0 Å². The van der Waals surface area contributed by atoms with Gasteiger partial charge < -0.3 is 10.6 Å². The van der Waals surface area contributed by atoms with E-state index in [2.05, 4.69) is 73.0 Å². The maximum Gasteiger partial charge on any atom is 0.221 e. The number of hydrogen-bond acceptors (Lipinski definition) is 2. The van der Waals surface area contributed by atoms with Crippen molar-refractivity contribution >= 4 is 18.3 Å². The zero-order valence-electron chi connectivity index (χ0n) is 16.8. The lowest BCUT2D eigenvalue weighted by atomic mass is 9.89. The smallest absolute Gasteiger partial charge is 0.221 e. The van der Waals surface area contributed by atoms with Gasteiger partial charge in [-0.05, 0) is 56.6 Å². The number of benzene rings is 2. The number of nitrogens with one attached hydrogen (secondary N) is 2. The monoisotopic (exact) mass is 398 g/mol. The van der Waals surface area contributed by atoms with Crippen LogP contribution in [0.4, 0.5) is 0 Å². The van der Waals surface area contributed by atoms with E-state index in [0.717, 1.165) is 24.0 Å². The molecule has 2 aliphatic heterocycles. The molecule has 2 N–H and O–H groups in total. The number of aryl methyl sites for hydroxylation is 2. The van der Waals surface area contributed by atoms with E-state index >= 15 is 0 Å². The fourth-order valence-electron chi connectivity index (χ4n) is 4.88. The van der Waals surface area contributed by atoms with Crippen LogP contribution in [-0.2, 0) is 4.79 Å². The molecule has 28 heavy (non-hydrogen) atoms. The summed E-state index contributed by atoms with van der Waals surface area (Å²) < 4.78 is 0. The van der Waals surface area contributed by atoms with Crippen LogP contribution in [0.1, 0.15) is 60.4 Å². The molecular formula is C24H31ClN2O. The van der Waals surface area contributed by atoms with E-state index in [4.69, 9.17) is 0 Å². The highest BCUT2D eigenvalue weighted by atomic mass is 35.5. The molecule has 0 saturated carbocycles. The van der Waals surface area contributed by atoms with Crippen LogP contribution in [0, 0.1) is 19.8 Å². The zero-order valence-corrected chi connectivity index (χ0v) is 17.6. The number of fused-ring (bicyclic) bond motifs is 2. The topological polar surface area (TPSA) is 41.1 Å². The van der Waals surface area contributed by atoms with E-state index in [1.54, 1.807) is 0 Å². The first kappa shape index (κ1) is 20.9. The van der Waals surface area contributed by atoms with Gasteiger partial charge in [0.25, 0.3) is 0 Å². The Morgan fingerprint density at radius 2 is 1.54 bits per heavy atom. The first-order valence-electron chi connectivity index (χ1n) is 10.3. The molecule has 2 bridgehead atoms. The number of rotatable bonds is 5. The number of hydrogen-bond donors (Lipinski definition) is 2. The van der Waals surface area contributed by atoms with Crippen LogP contribution in [0.2, 0.25) is 0 Å². The predicted molar refractivity (Wildman–Crippen MR) is 117 cm³/mol. The molecule has 2 aromatic carbocycles. The van der Waals surface area contributed by atoms with Crippen molar-refractivity contribution in [3.8, 4) is 0 Å². The van der Waals surface area contributed by atoms with Gasteiger partial charge in [0.15, 0.2) is 0 Å². The summed E-state index contributed by atoms with van der Waals surface area (Å²) in [6.45, 7) is 4.20. The molecular weight excluding hydrogens is 368 g/mol. The van der Waals surface area contributed by atoms with Crippen molar-refractivity contribution in [2.75, 3.05) is 0 Å². The molecule has 2 atom stereocenters. The number of amides is 1. The Morgan fingerprint density at radius 3 is 2.04 bits per heavy atom. The average Bonchev–Trinajstić information content (AvgIpc) is 2.98. The highest BCUT2D eigenvalue weighted by Crippen LogP contribution is 2.33. The maximum absolute atomic E-state index is 12.9. The summed E-state index contributed by atoms with van der Waals surface area (Å²) in [7, 11) is 0. The van der Waals surface area contributed by atoms with Crippen molar-refractivity contribution in [2.24, 2.45) is 5.92 Å². The van der Waals surface area contributed by atoms with Gasteiger partial charge in [-0.1, -0.05) is 59.7 Å². The predicted octanol–water partition coefficient (Wildman–Crippen LogP) is 4.85. The summed E-state index contributed by atoms with van der Waals surface area (Å²) in [5, 5.41) is 7.01. The van der Waals surface area contributed by atoms with Gasteiger partial charge >= 0.3 is 0 Å². The molecule has 4 heteroatoms. The van der Waals surface area contributed by atoms with E-state index in [9.17, 15) is 4.79 Å². The molecule has 0 spiro atoms. The molecule has 2 aromatic rings. The second kappa shape index (κ2) is 9.11. The lowest BCUT2D eigenvalue weighted by Gasteiger charge is -2.29. The van der Waals surface area contributed by atoms with Crippen LogP contribution in [0.5, 0.6) is 0 Å². The lowest BCUT2D eigenvalue weighted by molar-refractivity contribution is -0.122. The highest BCUT2D eigenvalue weighted by Gasteiger charge is 2.34. The van der Waals surface area contributed by atoms with Gasteiger partial charge in [-0.3, -0.25) is 4.79 Å². The Kier molecular flexibility index (Phi) is 6.79. The van der Waals surface area contributed by atoms with Gasteiger partial charge in [0.05, 0.1) is 6.04 Å². The summed E-state index contributed by atoms with van der Waals surface area (Å²) in [5.41, 5.74) is 4.74. The van der Waals surface area contributed by atoms with E-state index in [-0.39, 0.29) is 24.4 Å². The molecule has 2 heterocycles. The molecule has 1 amide bonds. The Morgan fingerprint density at radius 1 is 1.00 bits per heavy atom. The Hall–Kier alpha value is -1.84. The Balaban J connectivity index is 0.00000225. The number of halogens is 1. The van der Waals surface area contributed by atoms with E-state index in [0.29, 0.717) is 24.4 Å². The fourth-order valence-corrected chi connectivity index (χ4v) is 4.88. The van der Waals surface area contributed by atoms with Gasteiger partial charge in [-0.25, -0.2) is 0 Å². The third kappa shape index (κ3) is 4.95. The molecule has 0 radical (unpaired) electrons. The normalized spacial score (nSPS) is 23.3. The second-order valence-corrected chi connectivity index (χ2v) is 8.51. The van der Waals surface area contributed by atoms with Crippen LogP contribution >= 0.6 is 12.4 Å². The molecule has 4 rings (SSSR count). The number of carbonyl (C=O) groups excluding carboxylic acids is 1. The van der Waals surface area contributed by atoms with E-state index < -0.39 is 0 Å². The highest BCUT2D eigenvalue weighted by molar-refractivity contribution is 5.85. The average molecular weight is 399 g/mol. The van der Waals surface area contributed by atoms with Crippen molar-refractivity contribution in [3.05, 3.63) is 70.8 Å². The molecule has 2 saturated heterocycles. The van der Waals surface area contributed by atoms with Crippen LogP contribution in [0.15, 0.2) is 48.5 Å². The van der Waals surface area contributed by atoms with Crippen molar-refractivity contribution in [1.82, 2.24) is 10.6 Å². The molecule has 2 aliphatic rings. The molecule has 3 nitrogen and oxygen atoms in total. The largest absolute Gasteiger partial charge is 0.345 e. The maximum atomic E-state index is 12.9.